The summed E-state index contributed by atoms with van der Waals surface area (Å²) in [7, 11) is 0. The van der Waals surface area contributed by atoms with Crippen LogP contribution in [0, 0.1) is 0 Å². The molecular formula is C11H18N4O2. The summed E-state index contributed by atoms with van der Waals surface area (Å²) in [5, 5.41) is 0. The van der Waals surface area contributed by atoms with Crippen LogP contribution in [0.25, 0.3) is 0 Å². The predicted molar refractivity (Wildman–Crippen MR) is 62.9 cm³/mol. The van der Waals surface area contributed by atoms with Gasteiger partial charge in [-0.3, -0.25) is 0 Å². The van der Waals surface area contributed by atoms with Crippen molar-refractivity contribution in [2.24, 2.45) is 0 Å². The highest BCUT2D eigenvalue weighted by atomic mass is 16.5. The molecule has 0 saturated heterocycles. The van der Waals surface area contributed by atoms with Crippen molar-refractivity contribution < 1.29 is 9.47 Å². The van der Waals surface area contributed by atoms with E-state index in [-0.39, 0.29) is 24.1 Å². The molecule has 0 atom stereocenters. The van der Waals surface area contributed by atoms with Crippen molar-refractivity contribution in [3.05, 3.63) is 0 Å². The molecule has 1 aromatic rings. The van der Waals surface area contributed by atoms with E-state index in [9.17, 15) is 0 Å². The molecule has 1 aliphatic rings. The number of ether oxygens (including phenoxy) is 2. The van der Waals surface area contributed by atoms with Crippen LogP contribution in [0.3, 0.4) is 0 Å². The molecule has 6 nitrogen and oxygen atoms in total. The molecule has 1 aliphatic carbocycles. The predicted octanol–water partition coefficient (Wildman–Crippen LogP) is 1.56. The highest BCUT2D eigenvalue weighted by Gasteiger charge is 2.17. The first kappa shape index (κ1) is 11.9. The third kappa shape index (κ3) is 3.44. The highest BCUT2D eigenvalue weighted by molar-refractivity contribution is 5.20. The second-order valence-electron chi connectivity index (χ2n) is 4.07. The van der Waals surface area contributed by atoms with Crippen LogP contribution in [0.15, 0.2) is 0 Å². The Bertz CT molecular complexity index is 366. The van der Waals surface area contributed by atoms with E-state index in [2.05, 4.69) is 15.0 Å². The SMILES string of the molecule is CCOc1nc(N)nc(OC2CCCCC2)n1. The number of hydrogen-bond donors (Lipinski definition) is 1. The Hall–Kier alpha value is -1.59. The monoisotopic (exact) mass is 238 g/mol. The molecule has 17 heavy (non-hydrogen) atoms. The summed E-state index contributed by atoms with van der Waals surface area (Å²) in [6, 6.07) is 0.499. The fourth-order valence-electron chi connectivity index (χ4n) is 1.93. The van der Waals surface area contributed by atoms with Gasteiger partial charge in [-0.25, -0.2) is 0 Å². The van der Waals surface area contributed by atoms with Crippen LogP contribution in [-0.2, 0) is 0 Å². The summed E-state index contributed by atoms with van der Waals surface area (Å²) >= 11 is 0. The lowest BCUT2D eigenvalue weighted by atomic mass is 9.98. The quantitative estimate of drug-likeness (QED) is 0.857. The maximum Gasteiger partial charge on any atom is 0.324 e. The number of nitrogens with zero attached hydrogens (tertiary/aromatic N) is 3. The van der Waals surface area contributed by atoms with E-state index >= 15 is 0 Å². The first-order chi connectivity index (χ1) is 8.28. The Morgan fingerprint density at radius 2 is 1.82 bits per heavy atom. The second-order valence-corrected chi connectivity index (χ2v) is 4.07. The van der Waals surface area contributed by atoms with Crippen molar-refractivity contribution in [1.82, 2.24) is 15.0 Å². The van der Waals surface area contributed by atoms with Gasteiger partial charge in [0.25, 0.3) is 0 Å². The van der Waals surface area contributed by atoms with Crippen molar-refractivity contribution in [3.8, 4) is 12.0 Å². The van der Waals surface area contributed by atoms with E-state index in [1.807, 2.05) is 6.92 Å². The average molecular weight is 238 g/mol. The van der Waals surface area contributed by atoms with Gasteiger partial charge >= 0.3 is 12.0 Å². The van der Waals surface area contributed by atoms with Crippen molar-refractivity contribution in [2.45, 2.75) is 45.1 Å². The van der Waals surface area contributed by atoms with Gasteiger partial charge in [0.1, 0.15) is 6.10 Å². The molecule has 0 unspecified atom stereocenters. The largest absolute Gasteiger partial charge is 0.464 e. The van der Waals surface area contributed by atoms with E-state index in [1.54, 1.807) is 0 Å². The first-order valence-electron chi connectivity index (χ1n) is 6.09. The number of hydrogen-bond acceptors (Lipinski definition) is 6. The number of rotatable bonds is 4. The first-order valence-corrected chi connectivity index (χ1v) is 6.09. The second kappa shape index (κ2) is 5.65. The highest BCUT2D eigenvalue weighted by Crippen LogP contribution is 2.22. The minimum atomic E-state index is 0.134. The maximum absolute atomic E-state index is 5.70. The topological polar surface area (TPSA) is 83.2 Å². The van der Waals surface area contributed by atoms with Gasteiger partial charge in [-0.2, -0.15) is 9.97 Å². The summed E-state index contributed by atoms with van der Waals surface area (Å²) < 4.78 is 10.9. The summed E-state index contributed by atoms with van der Waals surface area (Å²) in [4.78, 5) is 11.9. The van der Waals surface area contributed by atoms with Gasteiger partial charge in [-0.05, 0) is 32.6 Å². The minimum absolute atomic E-state index is 0.134. The molecule has 0 aliphatic heterocycles. The molecule has 6 heteroatoms. The summed E-state index contributed by atoms with van der Waals surface area (Å²) in [5.41, 5.74) is 5.57. The third-order valence-electron chi connectivity index (χ3n) is 2.71. The lowest BCUT2D eigenvalue weighted by Gasteiger charge is -2.21. The lowest BCUT2D eigenvalue weighted by molar-refractivity contribution is 0.139. The molecule has 0 spiro atoms. The van der Waals surface area contributed by atoms with Gasteiger partial charge in [-0.1, -0.05) is 6.42 Å². The molecule has 2 rings (SSSR count). The zero-order valence-corrected chi connectivity index (χ0v) is 10.1. The Kier molecular flexibility index (Phi) is 3.95. The van der Waals surface area contributed by atoms with Gasteiger partial charge in [0.2, 0.25) is 5.95 Å². The summed E-state index contributed by atoms with van der Waals surface area (Å²) in [6.45, 7) is 2.36. The van der Waals surface area contributed by atoms with Gasteiger partial charge in [0.15, 0.2) is 0 Å². The molecule has 0 radical (unpaired) electrons. The zero-order valence-electron chi connectivity index (χ0n) is 10.1. The zero-order chi connectivity index (χ0) is 12.1. The van der Waals surface area contributed by atoms with E-state index in [4.69, 9.17) is 15.2 Å². The standard InChI is InChI=1S/C11H18N4O2/c1-2-16-10-13-9(12)14-11(15-10)17-8-6-4-3-5-7-8/h8H,2-7H2,1H3,(H2,12,13,14,15). The molecule has 94 valence electrons. The van der Waals surface area contributed by atoms with Crippen molar-refractivity contribution >= 4 is 5.95 Å². The minimum Gasteiger partial charge on any atom is -0.464 e. The van der Waals surface area contributed by atoms with Crippen LogP contribution < -0.4 is 15.2 Å². The molecule has 1 saturated carbocycles. The third-order valence-corrected chi connectivity index (χ3v) is 2.71. The van der Waals surface area contributed by atoms with Gasteiger partial charge in [-0.15, -0.1) is 4.98 Å². The Morgan fingerprint density at radius 1 is 1.12 bits per heavy atom. The van der Waals surface area contributed by atoms with Crippen molar-refractivity contribution in [2.75, 3.05) is 12.3 Å². The number of aromatic nitrogens is 3. The van der Waals surface area contributed by atoms with Crippen LogP contribution in [0.4, 0.5) is 5.95 Å². The van der Waals surface area contributed by atoms with E-state index < -0.39 is 0 Å². The van der Waals surface area contributed by atoms with E-state index in [0.29, 0.717) is 6.61 Å². The molecule has 0 amide bonds. The maximum atomic E-state index is 5.70. The lowest BCUT2D eigenvalue weighted by Crippen LogP contribution is -2.21. The molecule has 0 bridgehead atoms. The molecule has 0 aromatic carbocycles. The van der Waals surface area contributed by atoms with Crippen LogP contribution in [-0.4, -0.2) is 27.7 Å². The van der Waals surface area contributed by atoms with E-state index in [0.717, 1.165) is 12.8 Å². The Morgan fingerprint density at radius 3 is 2.53 bits per heavy atom. The average Bonchev–Trinajstić information content (AvgIpc) is 2.30. The fourth-order valence-corrected chi connectivity index (χ4v) is 1.93. The summed E-state index contributed by atoms with van der Waals surface area (Å²) in [5.74, 6) is 0.134. The normalized spacial score (nSPS) is 16.8. The molecule has 2 N–H and O–H groups in total. The van der Waals surface area contributed by atoms with Crippen LogP contribution >= 0.6 is 0 Å². The Labute approximate surface area is 101 Å². The fraction of sp³-hybridized carbons (Fsp3) is 0.727. The van der Waals surface area contributed by atoms with Gasteiger partial charge < -0.3 is 15.2 Å². The number of anilines is 1. The molecular weight excluding hydrogens is 220 g/mol. The number of nitrogen functional groups attached to an aromatic ring is 1. The smallest absolute Gasteiger partial charge is 0.324 e. The van der Waals surface area contributed by atoms with Gasteiger partial charge in [0, 0.05) is 0 Å². The van der Waals surface area contributed by atoms with Crippen LogP contribution in [0.2, 0.25) is 0 Å². The summed E-state index contributed by atoms with van der Waals surface area (Å²) in [6.07, 6.45) is 5.97. The molecule has 1 fully saturated rings. The van der Waals surface area contributed by atoms with Gasteiger partial charge in [0.05, 0.1) is 6.61 Å². The van der Waals surface area contributed by atoms with Crippen molar-refractivity contribution in [1.29, 1.82) is 0 Å². The molecule has 1 aromatic heterocycles. The molecule has 1 heterocycles. The number of nitrogens with two attached hydrogens (primary N) is 1. The van der Waals surface area contributed by atoms with E-state index in [1.165, 1.54) is 19.3 Å². The van der Waals surface area contributed by atoms with Crippen LogP contribution in [0.1, 0.15) is 39.0 Å². The Balaban J connectivity index is 2.03. The van der Waals surface area contributed by atoms with Crippen LogP contribution in [0.5, 0.6) is 12.0 Å². The van der Waals surface area contributed by atoms with Crippen molar-refractivity contribution in [3.63, 3.8) is 0 Å².